The normalized spacial score (nSPS) is 14.5. The van der Waals surface area contributed by atoms with Gasteiger partial charge in [0.25, 0.3) is 5.91 Å². The summed E-state index contributed by atoms with van der Waals surface area (Å²) in [5.41, 5.74) is 1.49. The minimum atomic E-state index is -0.994. The van der Waals surface area contributed by atoms with E-state index in [2.05, 4.69) is 0 Å². The Kier molecular flexibility index (Phi) is 3.74. The minimum Gasteiger partial charge on any atom is -0.491 e. The average molecular weight is 263 g/mol. The highest BCUT2D eigenvalue weighted by Crippen LogP contribution is 2.24. The highest BCUT2D eigenvalue weighted by Gasteiger charge is 2.26. The van der Waals surface area contributed by atoms with Gasteiger partial charge >= 0.3 is 5.97 Å². The highest BCUT2D eigenvalue weighted by molar-refractivity contribution is 5.98. The van der Waals surface area contributed by atoms with E-state index in [-0.39, 0.29) is 18.6 Å². The summed E-state index contributed by atoms with van der Waals surface area (Å²) in [6.07, 6.45) is 0.711. The Morgan fingerprint density at radius 3 is 2.84 bits per heavy atom. The molecular weight excluding hydrogens is 246 g/mol. The quantitative estimate of drug-likeness (QED) is 0.895. The lowest BCUT2D eigenvalue weighted by Crippen LogP contribution is -2.40. The van der Waals surface area contributed by atoms with Crippen LogP contribution in [0.15, 0.2) is 18.2 Å². The number of carboxylic acid groups (broad SMARTS) is 1. The molecule has 0 bridgehead atoms. The molecule has 1 amide bonds. The zero-order valence-electron chi connectivity index (χ0n) is 11.0. The van der Waals surface area contributed by atoms with Gasteiger partial charge in [0.2, 0.25) is 0 Å². The molecule has 2 rings (SSSR count). The topological polar surface area (TPSA) is 66.8 Å². The van der Waals surface area contributed by atoms with Gasteiger partial charge in [-0.1, -0.05) is 6.07 Å². The molecule has 5 nitrogen and oxygen atoms in total. The van der Waals surface area contributed by atoms with Crippen molar-refractivity contribution in [1.29, 1.82) is 0 Å². The van der Waals surface area contributed by atoms with Crippen molar-refractivity contribution in [2.24, 2.45) is 0 Å². The molecule has 0 radical (unpaired) electrons. The number of hydrogen-bond acceptors (Lipinski definition) is 3. The van der Waals surface area contributed by atoms with E-state index in [1.807, 2.05) is 26.0 Å². The fourth-order valence-electron chi connectivity index (χ4n) is 2.16. The van der Waals surface area contributed by atoms with E-state index < -0.39 is 5.97 Å². The van der Waals surface area contributed by atoms with E-state index in [0.29, 0.717) is 24.3 Å². The number of carbonyl (C=O) groups is 2. The Bertz CT molecular complexity index is 510. The smallest absolute Gasteiger partial charge is 0.323 e. The van der Waals surface area contributed by atoms with E-state index in [4.69, 9.17) is 9.84 Å². The van der Waals surface area contributed by atoms with Gasteiger partial charge in [-0.2, -0.15) is 0 Å². The molecule has 19 heavy (non-hydrogen) atoms. The molecule has 0 fully saturated rings. The van der Waals surface area contributed by atoms with Gasteiger partial charge in [0, 0.05) is 12.1 Å². The number of rotatable bonds is 4. The Labute approximate surface area is 111 Å². The van der Waals surface area contributed by atoms with Gasteiger partial charge in [0.05, 0.1) is 6.10 Å². The van der Waals surface area contributed by atoms with Gasteiger partial charge in [-0.15, -0.1) is 0 Å². The Morgan fingerprint density at radius 2 is 2.21 bits per heavy atom. The monoisotopic (exact) mass is 263 g/mol. The van der Waals surface area contributed by atoms with Gasteiger partial charge in [-0.3, -0.25) is 9.59 Å². The Morgan fingerprint density at radius 1 is 1.47 bits per heavy atom. The number of carboxylic acids is 1. The van der Waals surface area contributed by atoms with Gasteiger partial charge in [-0.25, -0.2) is 0 Å². The molecule has 0 saturated heterocycles. The molecule has 5 heteroatoms. The van der Waals surface area contributed by atoms with Gasteiger partial charge in [0.1, 0.15) is 12.3 Å². The molecule has 0 aromatic heterocycles. The maximum Gasteiger partial charge on any atom is 0.323 e. The van der Waals surface area contributed by atoms with Crippen molar-refractivity contribution >= 4 is 11.9 Å². The second kappa shape index (κ2) is 5.30. The zero-order valence-corrected chi connectivity index (χ0v) is 11.0. The maximum atomic E-state index is 12.2. The van der Waals surface area contributed by atoms with Crippen molar-refractivity contribution in [3.63, 3.8) is 0 Å². The molecule has 1 aromatic carbocycles. The van der Waals surface area contributed by atoms with Crippen molar-refractivity contribution in [2.45, 2.75) is 26.4 Å². The SMILES string of the molecule is CC(C)Oc1ccc2c(c1)C(=O)N(CC(=O)O)CC2. The Hall–Kier alpha value is -2.04. The molecule has 0 unspecified atom stereocenters. The number of ether oxygens (including phenoxy) is 1. The third-order valence-electron chi connectivity index (χ3n) is 2.95. The molecule has 102 valence electrons. The van der Waals surface area contributed by atoms with Crippen molar-refractivity contribution in [2.75, 3.05) is 13.1 Å². The number of aliphatic carboxylic acids is 1. The molecule has 0 atom stereocenters. The first kappa shape index (κ1) is 13.4. The summed E-state index contributed by atoms with van der Waals surface area (Å²) < 4.78 is 5.56. The van der Waals surface area contributed by atoms with Crippen LogP contribution in [0, 0.1) is 0 Å². The van der Waals surface area contributed by atoms with Crippen LogP contribution in [0.5, 0.6) is 5.75 Å². The summed E-state index contributed by atoms with van der Waals surface area (Å²) in [6, 6.07) is 5.42. The first-order chi connectivity index (χ1) is 8.97. The summed E-state index contributed by atoms with van der Waals surface area (Å²) in [6.45, 7) is 4.02. The van der Waals surface area contributed by atoms with E-state index >= 15 is 0 Å². The van der Waals surface area contributed by atoms with Crippen molar-refractivity contribution in [1.82, 2.24) is 4.90 Å². The van der Waals surface area contributed by atoms with Crippen LogP contribution in [0.25, 0.3) is 0 Å². The number of amides is 1. The first-order valence-corrected chi connectivity index (χ1v) is 6.28. The second-order valence-electron chi connectivity index (χ2n) is 4.86. The molecule has 0 saturated carbocycles. The number of benzene rings is 1. The molecule has 1 aromatic rings. The highest BCUT2D eigenvalue weighted by atomic mass is 16.5. The van der Waals surface area contributed by atoms with E-state index in [0.717, 1.165) is 5.56 Å². The lowest BCUT2D eigenvalue weighted by atomic mass is 9.98. The predicted octanol–water partition coefficient (Wildman–Crippen LogP) is 1.56. The maximum absolute atomic E-state index is 12.2. The predicted molar refractivity (Wildman–Crippen MR) is 69.4 cm³/mol. The van der Waals surface area contributed by atoms with Crippen molar-refractivity contribution in [3.05, 3.63) is 29.3 Å². The van der Waals surface area contributed by atoms with E-state index in [1.54, 1.807) is 6.07 Å². The molecule has 1 aliphatic heterocycles. The van der Waals surface area contributed by atoms with Crippen LogP contribution < -0.4 is 4.74 Å². The first-order valence-electron chi connectivity index (χ1n) is 6.28. The second-order valence-corrected chi connectivity index (χ2v) is 4.86. The Balaban J connectivity index is 2.25. The van der Waals surface area contributed by atoms with E-state index in [1.165, 1.54) is 4.90 Å². The molecule has 0 aliphatic carbocycles. The average Bonchev–Trinajstić information content (AvgIpc) is 2.32. The van der Waals surface area contributed by atoms with Crippen LogP contribution in [0.4, 0.5) is 0 Å². The molecule has 1 heterocycles. The molecule has 1 aliphatic rings. The third kappa shape index (κ3) is 3.05. The van der Waals surface area contributed by atoms with Crippen molar-refractivity contribution in [3.8, 4) is 5.75 Å². The summed E-state index contributed by atoms with van der Waals surface area (Å²) >= 11 is 0. The van der Waals surface area contributed by atoms with E-state index in [9.17, 15) is 9.59 Å². The third-order valence-corrected chi connectivity index (χ3v) is 2.95. The van der Waals surface area contributed by atoms with Crippen LogP contribution in [-0.4, -0.2) is 41.1 Å². The van der Waals surface area contributed by atoms with Crippen LogP contribution in [0.1, 0.15) is 29.8 Å². The zero-order chi connectivity index (χ0) is 14.0. The van der Waals surface area contributed by atoms with Gasteiger partial charge in [-0.05, 0) is 38.0 Å². The fourth-order valence-corrected chi connectivity index (χ4v) is 2.16. The molecule has 0 spiro atoms. The summed E-state index contributed by atoms with van der Waals surface area (Å²) in [4.78, 5) is 24.3. The fraction of sp³-hybridized carbons (Fsp3) is 0.429. The van der Waals surface area contributed by atoms with Crippen LogP contribution >= 0.6 is 0 Å². The minimum absolute atomic E-state index is 0.0341. The van der Waals surface area contributed by atoms with Gasteiger partial charge < -0.3 is 14.7 Å². The van der Waals surface area contributed by atoms with Crippen LogP contribution in [0.3, 0.4) is 0 Å². The largest absolute Gasteiger partial charge is 0.491 e. The summed E-state index contributed by atoms with van der Waals surface area (Å²) in [7, 11) is 0. The van der Waals surface area contributed by atoms with Crippen LogP contribution in [-0.2, 0) is 11.2 Å². The summed E-state index contributed by atoms with van der Waals surface area (Å²) in [5.74, 6) is -0.594. The number of fused-ring (bicyclic) bond motifs is 1. The summed E-state index contributed by atoms with van der Waals surface area (Å²) in [5, 5.41) is 8.79. The lowest BCUT2D eigenvalue weighted by Gasteiger charge is -2.27. The number of nitrogens with zero attached hydrogens (tertiary/aromatic N) is 1. The molecule has 1 N–H and O–H groups in total. The molecular formula is C14H17NO4. The van der Waals surface area contributed by atoms with Crippen molar-refractivity contribution < 1.29 is 19.4 Å². The number of hydrogen-bond donors (Lipinski definition) is 1. The standard InChI is InChI=1S/C14H17NO4/c1-9(2)19-11-4-3-10-5-6-15(8-13(16)17)14(18)12(10)7-11/h3-4,7,9H,5-6,8H2,1-2H3,(H,16,17). The number of carbonyl (C=O) groups excluding carboxylic acids is 1. The lowest BCUT2D eigenvalue weighted by molar-refractivity contribution is -0.137. The van der Waals surface area contributed by atoms with Gasteiger partial charge in [0.15, 0.2) is 0 Å². The van der Waals surface area contributed by atoms with Crippen LogP contribution in [0.2, 0.25) is 0 Å².